The third-order valence-electron chi connectivity index (χ3n) is 3.87. The van der Waals surface area contributed by atoms with Crippen molar-refractivity contribution in [2.24, 2.45) is 11.7 Å². The van der Waals surface area contributed by atoms with Gasteiger partial charge in [0.2, 0.25) is 0 Å². The average Bonchev–Trinajstić information content (AvgIpc) is 2.43. The molecular formula is C16H28N2O. The molecule has 0 saturated heterocycles. The van der Waals surface area contributed by atoms with Crippen LogP contribution in [0.15, 0.2) is 18.2 Å². The monoisotopic (exact) mass is 264 g/mol. The fourth-order valence-corrected chi connectivity index (χ4v) is 2.53. The summed E-state index contributed by atoms with van der Waals surface area (Å²) in [7, 11) is 3.72. The predicted molar refractivity (Wildman–Crippen MR) is 81.7 cm³/mol. The van der Waals surface area contributed by atoms with Gasteiger partial charge in [-0.25, -0.2) is 0 Å². The number of hydrogen-bond acceptors (Lipinski definition) is 3. The fraction of sp³-hybridized carbons (Fsp3) is 0.625. The molecule has 108 valence electrons. The van der Waals surface area contributed by atoms with Crippen LogP contribution in [0.1, 0.15) is 50.3 Å². The van der Waals surface area contributed by atoms with Crippen molar-refractivity contribution >= 4 is 0 Å². The molecule has 1 aromatic carbocycles. The number of methoxy groups -OCH3 is 1. The number of benzene rings is 1. The second-order valence-electron chi connectivity index (χ2n) is 5.33. The fourth-order valence-electron chi connectivity index (χ4n) is 2.53. The topological polar surface area (TPSA) is 47.3 Å². The molecule has 0 bridgehead atoms. The van der Waals surface area contributed by atoms with E-state index in [1.807, 2.05) is 7.05 Å². The van der Waals surface area contributed by atoms with Gasteiger partial charge in [-0.3, -0.25) is 0 Å². The van der Waals surface area contributed by atoms with Crippen LogP contribution < -0.4 is 15.8 Å². The normalized spacial score (nSPS) is 14.5. The largest absolute Gasteiger partial charge is 0.496 e. The van der Waals surface area contributed by atoms with Crippen molar-refractivity contribution < 1.29 is 4.74 Å². The van der Waals surface area contributed by atoms with E-state index >= 15 is 0 Å². The van der Waals surface area contributed by atoms with E-state index in [4.69, 9.17) is 10.5 Å². The molecule has 3 heteroatoms. The molecule has 0 aliphatic heterocycles. The zero-order valence-corrected chi connectivity index (χ0v) is 12.9. The van der Waals surface area contributed by atoms with Gasteiger partial charge in [-0.15, -0.1) is 0 Å². The van der Waals surface area contributed by atoms with Gasteiger partial charge in [0.1, 0.15) is 5.75 Å². The Hall–Kier alpha value is -1.06. The highest BCUT2D eigenvalue weighted by Gasteiger charge is 2.22. The molecule has 0 fully saturated rings. The van der Waals surface area contributed by atoms with Gasteiger partial charge in [0.05, 0.1) is 7.11 Å². The Bertz CT molecular complexity index is 386. The lowest BCUT2D eigenvalue weighted by molar-refractivity contribution is 0.352. The molecule has 0 spiro atoms. The number of hydrogen-bond donors (Lipinski definition) is 2. The summed E-state index contributed by atoms with van der Waals surface area (Å²) >= 11 is 0. The molecule has 0 aromatic heterocycles. The predicted octanol–water partition coefficient (Wildman–Crippen LogP) is 3.06. The molecule has 0 heterocycles. The van der Waals surface area contributed by atoms with Gasteiger partial charge in [0.25, 0.3) is 0 Å². The average molecular weight is 264 g/mol. The number of ether oxygens (including phenoxy) is 1. The molecule has 2 unspecified atom stereocenters. The third kappa shape index (κ3) is 3.71. The van der Waals surface area contributed by atoms with Crippen LogP contribution >= 0.6 is 0 Å². The van der Waals surface area contributed by atoms with E-state index < -0.39 is 0 Å². The van der Waals surface area contributed by atoms with Crippen LogP contribution in [0, 0.1) is 5.92 Å². The molecule has 0 aliphatic rings. The van der Waals surface area contributed by atoms with E-state index in [0.29, 0.717) is 18.4 Å². The van der Waals surface area contributed by atoms with Crippen molar-refractivity contribution in [3.05, 3.63) is 29.3 Å². The Morgan fingerprint density at radius 3 is 2.42 bits per heavy atom. The van der Waals surface area contributed by atoms with Crippen LogP contribution in [0.3, 0.4) is 0 Å². The van der Waals surface area contributed by atoms with E-state index in [1.165, 1.54) is 11.1 Å². The summed E-state index contributed by atoms with van der Waals surface area (Å²) in [5, 5.41) is 3.38. The smallest absolute Gasteiger partial charge is 0.123 e. The Kier molecular flexibility index (Phi) is 6.32. The first-order chi connectivity index (χ1) is 9.08. The number of rotatable bonds is 7. The summed E-state index contributed by atoms with van der Waals surface area (Å²) in [5.41, 5.74) is 8.39. The molecule has 0 saturated carbocycles. The quantitative estimate of drug-likeness (QED) is 0.795. The first kappa shape index (κ1) is 16.0. The zero-order valence-electron chi connectivity index (χ0n) is 12.9. The minimum absolute atomic E-state index is 0.242. The van der Waals surface area contributed by atoms with Crippen LogP contribution in [-0.2, 0) is 0 Å². The highest BCUT2D eigenvalue weighted by molar-refractivity contribution is 5.41. The molecule has 0 amide bonds. The van der Waals surface area contributed by atoms with Crippen LogP contribution in [0.5, 0.6) is 5.75 Å². The maximum absolute atomic E-state index is 5.89. The number of nitrogens with two attached hydrogens (primary N) is 1. The first-order valence-corrected chi connectivity index (χ1v) is 7.14. The van der Waals surface area contributed by atoms with Crippen LogP contribution in [0.25, 0.3) is 0 Å². The maximum Gasteiger partial charge on any atom is 0.123 e. The Labute approximate surface area is 117 Å². The molecule has 3 N–H and O–H groups in total. The van der Waals surface area contributed by atoms with Gasteiger partial charge in [-0.2, -0.15) is 0 Å². The highest BCUT2D eigenvalue weighted by Crippen LogP contribution is 2.33. The Morgan fingerprint density at radius 1 is 1.32 bits per heavy atom. The van der Waals surface area contributed by atoms with Gasteiger partial charge >= 0.3 is 0 Å². The molecule has 1 rings (SSSR count). The molecule has 3 nitrogen and oxygen atoms in total. The minimum atomic E-state index is 0.242. The molecule has 1 aromatic rings. The lowest BCUT2D eigenvalue weighted by Crippen LogP contribution is -2.30. The van der Waals surface area contributed by atoms with Crippen LogP contribution in [0.4, 0.5) is 0 Å². The third-order valence-corrected chi connectivity index (χ3v) is 3.87. The van der Waals surface area contributed by atoms with E-state index in [9.17, 15) is 0 Å². The first-order valence-electron chi connectivity index (χ1n) is 7.14. The summed E-state index contributed by atoms with van der Waals surface area (Å²) in [6.07, 6.45) is 1.05. The van der Waals surface area contributed by atoms with Crippen molar-refractivity contribution in [1.82, 2.24) is 5.32 Å². The van der Waals surface area contributed by atoms with E-state index in [2.05, 4.69) is 44.3 Å². The van der Waals surface area contributed by atoms with Gasteiger partial charge in [0.15, 0.2) is 0 Å². The standard InChI is InChI=1S/C16H28N2O/c1-6-12(10-17)16(18-4)14-8-7-13(11(2)3)9-15(14)19-5/h7-9,11-12,16,18H,6,10,17H2,1-5H3. The lowest BCUT2D eigenvalue weighted by atomic mass is 9.89. The molecular weight excluding hydrogens is 236 g/mol. The summed E-state index contributed by atoms with van der Waals surface area (Å²) in [4.78, 5) is 0. The molecule has 19 heavy (non-hydrogen) atoms. The van der Waals surface area contributed by atoms with E-state index in [1.54, 1.807) is 7.11 Å². The van der Waals surface area contributed by atoms with Gasteiger partial charge in [-0.05, 0) is 37.1 Å². The second kappa shape index (κ2) is 7.51. The summed E-state index contributed by atoms with van der Waals surface area (Å²) in [6, 6.07) is 6.75. The van der Waals surface area contributed by atoms with Crippen molar-refractivity contribution in [1.29, 1.82) is 0 Å². The lowest BCUT2D eigenvalue weighted by Gasteiger charge is -2.27. The SMILES string of the molecule is CCC(CN)C(NC)c1ccc(C(C)C)cc1OC. The van der Waals surface area contributed by atoms with E-state index in [0.717, 1.165) is 12.2 Å². The molecule has 0 aliphatic carbocycles. The summed E-state index contributed by atoms with van der Waals surface area (Å²) in [6.45, 7) is 7.24. The van der Waals surface area contributed by atoms with Crippen LogP contribution in [-0.4, -0.2) is 20.7 Å². The van der Waals surface area contributed by atoms with Gasteiger partial charge < -0.3 is 15.8 Å². The zero-order chi connectivity index (χ0) is 14.4. The van der Waals surface area contributed by atoms with Crippen molar-refractivity contribution in [3.8, 4) is 5.75 Å². The highest BCUT2D eigenvalue weighted by atomic mass is 16.5. The second-order valence-corrected chi connectivity index (χ2v) is 5.33. The minimum Gasteiger partial charge on any atom is -0.496 e. The number of nitrogens with one attached hydrogen (secondary N) is 1. The van der Waals surface area contributed by atoms with Gasteiger partial charge in [-0.1, -0.05) is 39.3 Å². The van der Waals surface area contributed by atoms with Crippen molar-refractivity contribution in [2.75, 3.05) is 20.7 Å². The van der Waals surface area contributed by atoms with E-state index in [-0.39, 0.29) is 6.04 Å². The van der Waals surface area contributed by atoms with Crippen molar-refractivity contribution in [3.63, 3.8) is 0 Å². The summed E-state index contributed by atoms with van der Waals surface area (Å²) < 4.78 is 5.58. The maximum atomic E-state index is 5.89. The molecule has 2 atom stereocenters. The Morgan fingerprint density at radius 2 is 2.00 bits per heavy atom. The summed E-state index contributed by atoms with van der Waals surface area (Å²) in [5.74, 6) is 1.88. The van der Waals surface area contributed by atoms with Gasteiger partial charge in [0, 0.05) is 11.6 Å². The van der Waals surface area contributed by atoms with Crippen molar-refractivity contribution in [2.45, 2.75) is 39.2 Å². The Balaban J connectivity index is 3.16. The molecule has 0 radical (unpaired) electrons. The van der Waals surface area contributed by atoms with Crippen LogP contribution in [0.2, 0.25) is 0 Å².